The van der Waals surface area contributed by atoms with Crippen LogP contribution in [0.5, 0.6) is 17.2 Å². The summed E-state index contributed by atoms with van der Waals surface area (Å²) in [6.45, 7) is 2.17. The Balaban J connectivity index is 1.92. The Morgan fingerprint density at radius 3 is 2.11 bits per heavy atom. The molecule has 0 aliphatic carbocycles. The minimum atomic E-state index is -0.469. The second-order valence-corrected chi connectivity index (χ2v) is 6.31. The largest absolute Gasteiger partial charge is 0.496 e. The maximum absolute atomic E-state index is 12.8. The monoisotopic (exact) mass is 382 g/mol. The highest BCUT2D eigenvalue weighted by Crippen LogP contribution is 2.36. The molecule has 0 unspecified atom stereocenters. The van der Waals surface area contributed by atoms with Crippen LogP contribution in [-0.2, 0) is 11.3 Å². The number of benzene rings is 2. The van der Waals surface area contributed by atoms with Crippen LogP contribution < -0.4 is 19.5 Å². The Morgan fingerprint density at radius 2 is 1.57 bits per heavy atom. The van der Waals surface area contributed by atoms with Crippen molar-refractivity contribution in [2.45, 2.75) is 13.5 Å². The molecule has 1 fully saturated rings. The van der Waals surface area contributed by atoms with Gasteiger partial charge in [-0.05, 0) is 18.6 Å². The van der Waals surface area contributed by atoms with Gasteiger partial charge in [-0.15, -0.1) is 0 Å². The summed E-state index contributed by atoms with van der Waals surface area (Å²) < 4.78 is 16.0. The molecule has 7 nitrogen and oxygen atoms in total. The molecule has 146 valence electrons. The second kappa shape index (κ2) is 8.04. The number of rotatable bonds is 6. The molecule has 3 amide bonds. The van der Waals surface area contributed by atoms with Crippen LogP contribution in [0.4, 0.5) is 4.79 Å². The van der Waals surface area contributed by atoms with Crippen molar-refractivity contribution < 1.29 is 23.8 Å². The van der Waals surface area contributed by atoms with Gasteiger partial charge in [0.2, 0.25) is 0 Å². The van der Waals surface area contributed by atoms with Crippen molar-refractivity contribution in [2.24, 2.45) is 0 Å². The quantitative estimate of drug-likeness (QED) is 0.614. The molecule has 1 heterocycles. The lowest BCUT2D eigenvalue weighted by Crippen LogP contribution is -2.30. The predicted octanol–water partition coefficient (Wildman–Crippen LogP) is 3.11. The SMILES string of the molecule is COc1cc(OC)c(/C=C2/NC(=O)N(Cc3ccc(C)cc3)C2=O)c(OC)c1. The van der Waals surface area contributed by atoms with E-state index in [0.29, 0.717) is 22.8 Å². The zero-order valence-corrected chi connectivity index (χ0v) is 16.2. The van der Waals surface area contributed by atoms with E-state index in [-0.39, 0.29) is 12.2 Å². The van der Waals surface area contributed by atoms with Crippen LogP contribution in [0.2, 0.25) is 0 Å². The molecular formula is C21H22N2O5. The Kier molecular flexibility index (Phi) is 5.54. The highest BCUT2D eigenvalue weighted by molar-refractivity contribution is 6.14. The first-order chi connectivity index (χ1) is 13.5. The van der Waals surface area contributed by atoms with Crippen molar-refractivity contribution in [3.63, 3.8) is 0 Å². The lowest BCUT2D eigenvalue weighted by Gasteiger charge is -2.13. The van der Waals surface area contributed by atoms with Gasteiger partial charge in [0.05, 0.1) is 33.4 Å². The number of amides is 3. The number of aryl methyl sites for hydroxylation is 1. The first kappa shape index (κ1) is 19.3. The minimum absolute atomic E-state index is 0.152. The number of ether oxygens (including phenoxy) is 3. The molecule has 1 aliphatic rings. The number of nitrogens with zero attached hydrogens (tertiary/aromatic N) is 1. The molecule has 1 aliphatic heterocycles. The topological polar surface area (TPSA) is 77.1 Å². The average Bonchev–Trinajstić information content (AvgIpc) is 2.97. The molecule has 0 spiro atoms. The fourth-order valence-electron chi connectivity index (χ4n) is 2.91. The van der Waals surface area contributed by atoms with Gasteiger partial charge in [-0.1, -0.05) is 29.8 Å². The molecule has 0 atom stereocenters. The maximum Gasteiger partial charge on any atom is 0.329 e. The molecule has 2 aromatic carbocycles. The minimum Gasteiger partial charge on any atom is -0.496 e. The normalized spacial score (nSPS) is 15.0. The van der Waals surface area contributed by atoms with E-state index in [1.54, 1.807) is 18.2 Å². The first-order valence-corrected chi connectivity index (χ1v) is 8.67. The zero-order valence-electron chi connectivity index (χ0n) is 16.2. The predicted molar refractivity (Wildman–Crippen MR) is 104 cm³/mol. The van der Waals surface area contributed by atoms with Crippen molar-refractivity contribution in [3.8, 4) is 17.2 Å². The fourth-order valence-corrected chi connectivity index (χ4v) is 2.91. The number of hydrogen-bond acceptors (Lipinski definition) is 5. The Hall–Kier alpha value is -3.48. The maximum atomic E-state index is 12.8. The van der Waals surface area contributed by atoms with E-state index < -0.39 is 11.9 Å². The molecule has 3 rings (SSSR count). The van der Waals surface area contributed by atoms with E-state index in [9.17, 15) is 9.59 Å². The Labute approximate surface area is 163 Å². The number of methoxy groups -OCH3 is 3. The van der Waals surface area contributed by atoms with Crippen LogP contribution in [0.25, 0.3) is 6.08 Å². The molecule has 28 heavy (non-hydrogen) atoms. The number of hydrogen-bond donors (Lipinski definition) is 1. The van der Waals surface area contributed by atoms with Gasteiger partial charge in [0, 0.05) is 12.1 Å². The van der Waals surface area contributed by atoms with Crippen molar-refractivity contribution >= 4 is 18.0 Å². The van der Waals surface area contributed by atoms with Crippen molar-refractivity contribution in [1.82, 2.24) is 10.2 Å². The van der Waals surface area contributed by atoms with E-state index in [1.807, 2.05) is 31.2 Å². The van der Waals surface area contributed by atoms with Gasteiger partial charge in [0.1, 0.15) is 22.9 Å². The number of carbonyl (C=O) groups is 2. The van der Waals surface area contributed by atoms with Gasteiger partial charge in [0.15, 0.2) is 0 Å². The number of carbonyl (C=O) groups excluding carboxylic acids is 2. The molecule has 0 saturated carbocycles. The van der Waals surface area contributed by atoms with E-state index in [2.05, 4.69) is 5.32 Å². The summed E-state index contributed by atoms with van der Waals surface area (Å²) >= 11 is 0. The molecule has 2 aromatic rings. The molecule has 1 N–H and O–H groups in total. The van der Waals surface area contributed by atoms with Gasteiger partial charge < -0.3 is 19.5 Å². The third kappa shape index (κ3) is 3.78. The van der Waals surface area contributed by atoms with Gasteiger partial charge in [0.25, 0.3) is 5.91 Å². The fraction of sp³-hybridized carbons (Fsp3) is 0.238. The van der Waals surface area contributed by atoms with Gasteiger partial charge in [-0.25, -0.2) is 4.79 Å². The summed E-state index contributed by atoms with van der Waals surface area (Å²) in [5.41, 5.74) is 2.67. The van der Waals surface area contributed by atoms with E-state index in [1.165, 1.54) is 26.2 Å². The summed E-state index contributed by atoms with van der Waals surface area (Å²) in [6, 6.07) is 10.6. The third-order valence-electron chi connectivity index (χ3n) is 4.47. The molecule has 0 aromatic heterocycles. The van der Waals surface area contributed by atoms with Crippen molar-refractivity contribution in [2.75, 3.05) is 21.3 Å². The van der Waals surface area contributed by atoms with Gasteiger partial charge in [-0.2, -0.15) is 0 Å². The van der Waals surface area contributed by atoms with E-state index in [0.717, 1.165) is 11.1 Å². The number of imide groups is 1. The van der Waals surface area contributed by atoms with Crippen LogP contribution in [0.15, 0.2) is 42.1 Å². The van der Waals surface area contributed by atoms with E-state index in [4.69, 9.17) is 14.2 Å². The third-order valence-corrected chi connectivity index (χ3v) is 4.47. The summed E-state index contributed by atoms with van der Waals surface area (Å²) in [4.78, 5) is 26.3. The summed E-state index contributed by atoms with van der Waals surface area (Å²) in [5.74, 6) is 1.06. The summed E-state index contributed by atoms with van der Waals surface area (Å²) in [5, 5.41) is 2.62. The second-order valence-electron chi connectivity index (χ2n) is 6.31. The lowest BCUT2D eigenvalue weighted by molar-refractivity contribution is -0.123. The number of urea groups is 1. The van der Waals surface area contributed by atoms with Crippen molar-refractivity contribution in [3.05, 3.63) is 58.8 Å². The van der Waals surface area contributed by atoms with Crippen LogP contribution >= 0.6 is 0 Å². The summed E-state index contributed by atoms with van der Waals surface area (Å²) in [7, 11) is 4.56. The summed E-state index contributed by atoms with van der Waals surface area (Å²) in [6.07, 6.45) is 1.55. The first-order valence-electron chi connectivity index (χ1n) is 8.67. The highest BCUT2D eigenvalue weighted by Gasteiger charge is 2.34. The van der Waals surface area contributed by atoms with Crippen LogP contribution in [0.3, 0.4) is 0 Å². The van der Waals surface area contributed by atoms with Crippen molar-refractivity contribution in [1.29, 1.82) is 0 Å². The highest BCUT2D eigenvalue weighted by atomic mass is 16.5. The molecule has 0 bridgehead atoms. The molecule has 1 saturated heterocycles. The average molecular weight is 382 g/mol. The van der Waals surface area contributed by atoms with Gasteiger partial charge >= 0.3 is 6.03 Å². The standard InChI is InChI=1S/C21H22N2O5/c1-13-5-7-14(8-6-13)12-23-20(24)17(22-21(23)25)11-16-18(27-3)9-15(26-2)10-19(16)28-4/h5-11H,12H2,1-4H3,(H,22,25)/b17-11+. The number of nitrogens with one attached hydrogen (secondary N) is 1. The van der Waals surface area contributed by atoms with E-state index >= 15 is 0 Å². The Morgan fingerprint density at radius 1 is 0.964 bits per heavy atom. The smallest absolute Gasteiger partial charge is 0.329 e. The molecular weight excluding hydrogens is 360 g/mol. The lowest BCUT2D eigenvalue weighted by atomic mass is 10.1. The zero-order chi connectivity index (χ0) is 20.3. The van der Waals surface area contributed by atoms with Crippen LogP contribution in [0.1, 0.15) is 16.7 Å². The molecule has 0 radical (unpaired) electrons. The van der Waals surface area contributed by atoms with Gasteiger partial charge in [-0.3, -0.25) is 9.69 Å². The van der Waals surface area contributed by atoms with Crippen LogP contribution in [-0.4, -0.2) is 38.2 Å². The molecule has 7 heteroatoms. The van der Waals surface area contributed by atoms with Crippen LogP contribution in [0, 0.1) is 6.92 Å². The Bertz CT molecular complexity index is 909.